The normalized spacial score (nSPS) is 20.1. The van der Waals surface area contributed by atoms with Crippen LogP contribution in [0.5, 0.6) is 5.75 Å². The van der Waals surface area contributed by atoms with Gasteiger partial charge in [0.25, 0.3) is 0 Å². The summed E-state index contributed by atoms with van der Waals surface area (Å²) in [4.78, 5) is 5.68. The van der Waals surface area contributed by atoms with E-state index in [1.54, 1.807) is 0 Å². The minimum absolute atomic E-state index is 0.364. The van der Waals surface area contributed by atoms with Gasteiger partial charge in [0, 0.05) is 32.6 Å². The molecule has 1 aromatic heterocycles. The lowest BCUT2D eigenvalue weighted by Gasteiger charge is -2.34. The topological polar surface area (TPSA) is 87.1 Å². The van der Waals surface area contributed by atoms with Crippen LogP contribution >= 0.6 is 12.2 Å². The Labute approximate surface area is 150 Å². The second kappa shape index (κ2) is 7.18. The lowest BCUT2D eigenvalue weighted by atomic mass is 10.1. The first-order chi connectivity index (χ1) is 11.8. The Morgan fingerprint density at radius 2 is 2.08 bits per heavy atom. The molecule has 2 aliphatic rings. The van der Waals surface area contributed by atoms with Crippen LogP contribution in [-0.2, 0) is 10.0 Å². The molecule has 136 valence electrons. The molecule has 3 heterocycles. The number of fused-ring (bicyclic) bond motifs is 1. The van der Waals surface area contributed by atoms with E-state index in [4.69, 9.17) is 17.0 Å². The fourth-order valence-corrected chi connectivity index (χ4v) is 3.69. The number of aromatic nitrogens is 1. The highest BCUT2D eigenvalue weighted by atomic mass is 32.2. The van der Waals surface area contributed by atoms with Crippen LogP contribution in [0.3, 0.4) is 0 Å². The van der Waals surface area contributed by atoms with Gasteiger partial charge in [0.15, 0.2) is 5.11 Å². The fourth-order valence-electron chi connectivity index (χ4n) is 2.64. The average molecular weight is 387 g/mol. The zero-order valence-corrected chi connectivity index (χ0v) is 15.2. The summed E-state index contributed by atoms with van der Waals surface area (Å²) in [6.07, 6.45) is 1.68. The zero-order valence-electron chi connectivity index (χ0n) is 13.6. The Balaban J connectivity index is 1.64. The molecule has 25 heavy (non-hydrogen) atoms. The Hall–Kier alpha value is -1.85. The van der Waals surface area contributed by atoms with Crippen LogP contribution in [0.2, 0.25) is 0 Å². The van der Waals surface area contributed by atoms with Gasteiger partial charge in [-0.1, -0.05) is 0 Å². The predicted octanol–water partition coefficient (Wildman–Crippen LogP) is 0.159. The molecule has 0 spiro atoms. The molecule has 1 saturated heterocycles. The summed E-state index contributed by atoms with van der Waals surface area (Å²) in [5.41, 5.74) is 3.73. The van der Waals surface area contributed by atoms with Gasteiger partial charge in [-0.2, -0.15) is 13.8 Å². The number of nitrogens with one attached hydrogen (secondary N) is 1. The first-order valence-electron chi connectivity index (χ1n) is 7.71. The van der Waals surface area contributed by atoms with Crippen molar-refractivity contribution in [2.45, 2.75) is 6.42 Å². The third-order valence-electron chi connectivity index (χ3n) is 3.98. The number of ether oxygens (including phenoxy) is 1. The van der Waals surface area contributed by atoms with Crippen molar-refractivity contribution in [2.24, 2.45) is 5.10 Å². The molecule has 0 amide bonds. The van der Waals surface area contributed by atoms with E-state index in [9.17, 15) is 12.8 Å². The molecule has 0 aliphatic carbocycles. The van der Waals surface area contributed by atoms with Crippen LogP contribution in [0.1, 0.15) is 12.1 Å². The van der Waals surface area contributed by atoms with Crippen molar-refractivity contribution >= 4 is 33.1 Å². The molecule has 2 aliphatic heterocycles. The third-order valence-corrected chi connectivity index (χ3v) is 5.63. The van der Waals surface area contributed by atoms with Crippen LogP contribution in [0.4, 0.5) is 4.39 Å². The van der Waals surface area contributed by atoms with Gasteiger partial charge >= 0.3 is 0 Å². The number of sulfonamides is 1. The number of pyridine rings is 1. The third kappa shape index (κ3) is 4.22. The van der Waals surface area contributed by atoms with Crippen molar-refractivity contribution in [3.63, 3.8) is 0 Å². The maximum absolute atomic E-state index is 13.4. The van der Waals surface area contributed by atoms with Crippen molar-refractivity contribution in [2.75, 3.05) is 39.0 Å². The predicted molar refractivity (Wildman–Crippen MR) is 94.6 cm³/mol. The van der Waals surface area contributed by atoms with E-state index in [1.807, 2.05) is 4.90 Å². The minimum Gasteiger partial charge on any atom is -0.491 e. The van der Waals surface area contributed by atoms with E-state index >= 15 is 0 Å². The van der Waals surface area contributed by atoms with Gasteiger partial charge in [-0.15, -0.1) is 0 Å². The molecule has 0 atom stereocenters. The molecule has 0 bridgehead atoms. The van der Waals surface area contributed by atoms with Crippen molar-refractivity contribution < 1.29 is 17.5 Å². The van der Waals surface area contributed by atoms with Gasteiger partial charge in [-0.3, -0.25) is 5.43 Å². The monoisotopic (exact) mass is 387 g/mol. The highest BCUT2D eigenvalue weighted by Crippen LogP contribution is 2.23. The van der Waals surface area contributed by atoms with Crippen molar-refractivity contribution in [3.05, 3.63) is 23.8 Å². The number of halogens is 1. The summed E-state index contributed by atoms with van der Waals surface area (Å²) >= 11 is 5.31. The fraction of sp³-hybridized carbons (Fsp3) is 0.500. The number of thiocarbonyl (C=S) groups is 1. The summed E-state index contributed by atoms with van der Waals surface area (Å²) < 4.78 is 43.3. The van der Waals surface area contributed by atoms with Gasteiger partial charge in [-0.05, 0) is 24.4 Å². The molecular formula is C14H18FN5O3S2. The number of piperazine rings is 1. The largest absolute Gasteiger partial charge is 0.491 e. The summed E-state index contributed by atoms with van der Waals surface area (Å²) in [6, 6.07) is 2.76. The zero-order chi connectivity index (χ0) is 18.0. The van der Waals surface area contributed by atoms with Gasteiger partial charge < -0.3 is 9.64 Å². The first kappa shape index (κ1) is 18.0. The molecule has 1 fully saturated rings. The summed E-state index contributed by atoms with van der Waals surface area (Å²) in [5.74, 6) is -0.114. The van der Waals surface area contributed by atoms with Crippen LogP contribution in [0.15, 0.2) is 17.2 Å². The van der Waals surface area contributed by atoms with Crippen molar-refractivity contribution in [1.29, 1.82) is 0 Å². The van der Waals surface area contributed by atoms with E-state index < -0.39 is 16.0 Å². The quantitative estimate of drug-likeness (QED) is 0.439. The Morgan fingerprint density at radius 3 is 2.76 bits per heavy atom. The molecule has 0 saturated carbocycles. The molecular weight excluding hydrogens is 369 g/mol. The summed E-state index contributed by atoms with van der Waals surface area (Å²) in [5, 5.41) is 4.64. The molecule has 3 rings (SSSR count). The van der Waals surface area contributed by atoms with E-state index in [-0.39, 0.29) is 0 Å². The first-order valence-corrected chi connectivity index (χ1v) is 9.96. The highest BCUT2D eigenvalue weighted by molar-refractivity contribution is 7.88. The van der Waals surface area contributed by atoms with E-state index in [2.05, 4.69) is 15.5 Å². The van der Waals surface area contributed by atoms with Gasteiger partial charge in [0.1, 0.15) is 11.4 Å². The summed E-state index contributed by atoms with van der Waals surface area (Å²) in [7, 11) is -3.18. The lowest BCUT2D eigenvalue weighted by molar-refractivity contribution is 0.265. The smallest absolute Gasteiger partial charge is 0.213 e. The average Bonchev–Trinajstić information content (AvgIpc) is 2.59. The van der Waals surface area contributed by atoms with E-state index in [1.165, 1.54) is 22.7 Å². The van der Waals surface area contributed by atoms with E-state index in [0.717, 1.165) is 0 Å². The maximum atomic E-state index is 13.4. The number of hydrazone groups is 1. The molecule has 0 aromatic carbocycles. The van der Waals surface area contributed by atoms with Crippen molar-refractivity contribution in [1.82, 2.24) is 19.6 Å². The second-order valence-corrected chi connectivity index (χ2v) is 8.07. The summed E-state index contributed by atoms with van der Waals surface area (Å²) in [6.45, 7) is 2.15. The van der Waals surface area contributed by atoms with Crippen LogP contribution in [-0.4, -0.2) is 72.5 Å². The Morgan fingerprint density at radius 1 is 1.36 bits per heavy atom. The molecule has 0 unspecified atom stereocenters. The van der Waals surface area contributed by atoms with E-state index in [0.29, 0.717) is 61.5 Å². The van der Waals surface area contributed by atoms with Gasteiger partial charge in [0.05, 0.1) is 18.6 Å². The van der Waals surface area contributed by atoms with Crippen LogP contribution in [0.25, 0.3) is 0 Å². The van der Waals surface area contributed by atoms with Crippen LogP contribution in [0, 0.1) is 5.95 Å². The molecule has 1 N–H and O–H groups in total. The molecule has 8 nitrogen and oxygen atoms in total. The molecule has 0 radical (unpaired) electrons. The number of rotatable bonds is 2. The molecule has 1 aromatic rings. The highest BCUT2D eigenvalue weighted by Gasteiger charge is 2.25. The van der Waals surface area contributed by atoms with Gasteiger partial charge in [-0.25, -0.2) is 13.4 Å². The van der Waals surface area contributed by atoms with Gasteiger partial charge in [0.2, 0.25) is 16.0 Å². The van der Waals surface area contributed by atoms with Crippen LogP contribution < -0.4 is 10.2 Å². The Bertz CT molecular complexity index is 807. The SMILES string of the molecule is CS(=O)(=O)N1CCN(C(=S)N/N=C2/CCOc3ccc(F)nc32)CC1. The maximum Gasteiger partial charge on any atom is 0.213 e. The Kier molecular flexibility index (Phi) is 5.16. The second-order valence-electron chi connectivity index (χ2n) is 5.70. The minimum atomic E-state index is -3.18. The number of hydrogen-bond donors (Lipinski definition) is 1. The molecule has 11 heteroatoms. The number of nitrogens with zero attached hydrogens (tertiary/aromatic N) is 4. The number of hydrogen-bond acceptors (Lipinski definition) is 6. The lowest BCUT2D eigenvalue weighted by Crippen LogP contribution is -2.52. The standard InChI is InChI=1S/C14H18FN5O3S2/c1-25(21,22)20-7-5-19(6-8-20)14(24)18-17-10-4-9-23-11-2-3-12(15)16-13(10)11/h2-3H,4-9H2,1H3,(H,18,24)/b17-10-. The van der Waals surface area contributed by atoms with Crippen molar-refractivity contribution in [3.8, 4) is 5.75 Å².